The van der Waals surface area contributed by atoms with Crippen molar-refractivity contribution in [1.29, 1.82) is 0 Å². The van der Waals surface area contributed by atoms with Gasteiger partial charge in [-0.3, -0.25) is 4.79 Å². The van der Waals surface area contributed by atoms with Crippen LogP contribution in [-0.4, -0.2) is 32.4 Å². The van der Waals surface area contributed by atoms with Gasteiger partial charge in [-0.1, -0.05) is 30.3 Å². The van der Waals surface area contributed by atoms with Gasteiger partial charge in [0, 0.05) is 18.1 Å². The van der Waals surface area contributed by atoms with E-state index in [1.165, 1.54) is 0 Å². The Balaban J connectivity index is 1.69. The first-order valence-electron chi connectivity index (χ1n) is 9.24. The maximum atomic E-state index is 13.1. The molecule has 0 bridgehead atoms. The van der Waals surface area contributed by atoms with Gasteiger partial charge in [0.15, 0.2) is 12.1 Å². The van der Waals surface area contributed by atoms with Gasteiger partial charge in [0.25, 0.3) is 0 Å². The average molecular weight is 354 g/mol. The highest BCUT2D eigenvalue weighted by Crippen LogP contribution is 2.26. The van der Waals surface area contributed by atoms with E-state index >= 15 is 0 Å². The number of rotatable bonds is 8. The number of carbonyl (C=O) groups excluding carboxylic acids is 1. The number of Topliss-reactive ketones (excluding diaryl/α,β-unsaturated/α-hetero) is 1. The van der Waals surface area contributed by atoms with Crippen molar-refractivity contribution in [3.63, 3.8) is 0 Å². The van der Waals surface area contributed by atoms with Crippen molar-refractivity contribution in [2.75, 3.05) is 20.3 Å². The summed E-state index contributed by atoms with van der Waals surface area (Å²) in [5.41, 5.74) is 1.70. The molecule has 1 heterocycles. The number of benzene rings is 2. The average Bonchev–Trinajstić information content (AvgIpc) is 2.72. The first-order valence-corrected chi connectivity index (χ1v) is 9.24. The Labute approximate surface area is 155 Å². The fourth-order valence-corrected chi connectivity index (χ4v) is 3.25. The van der Waals surface area contributed by atoms with E-state index in [1.807, 2.05) is 54.6 Å². The summed E-state index contributed by atoms with van der Waals surface area (Å²) >= 11 is 0. The summed E-state index contributed by atoms with van der Waals surface area (Å²) in [7, 11) is 1.62. The molecule has 0 spiro atoms. The van der Waals surface area contributed by atoms with Crippen LogP contribution < -0.4 is 4.74 Å². The number of ether oxygens (including phenoxy) is 3. The lowest BCUT2D eigenvalue weighted by atomic mass is 9.88. The van der Waals surface area contributed by atoms with Gasteiger partial charge in [-0.25, -0.2) is 0 Å². The summed E-state index contributed by atoms with van der Waals surface area (Å²) in [6, 6.07) is 17.2. The molecule has 0 amide bonds. The Morgan fingerprint density at radius 2 is 1.88 bits per heavy atom. The van der Waals surface area contributed by atoms with Gasteiger partial charge in [-0.15, -0.1) is 0 Å². The third-order valence-corrected chi connectivity index (χ3v) is 4.74. The predicted octanol–water partition coefficient (Wildman–Crippen LogP) is 4.60. The highest BCUT2D eigenvalue weighted by molar-refractivity contribution is 6.01. The largest absolute Gasteiger partial charge is 0.497 e. The SMILES string of the molecule is COc1ccc(C(=O)C(CCOC2CCCCO2)c2ccccc2)cc1. The minimum absolute atomic E-state index is 0.104. The molecule has 2 unspecified atom stereocenters. The molecule has 1 fully saturated rings. The third kappa shape index (κ3) is 4.93. The molecular weight excluding hydrogens is 328 g/mol. The number of ketones is 1. The van der Waals surface area contributed by atoms with Crippen LogP contribution in [0.25, 0.3) is 0 Å². The first kappa shape index (κ1) is 18.6. The van der Waals surface area contributed by atoms with E-state index in [1.54, 1.807) is 7.11 Å². The van der Waals surface area contributed by atoms with E-state index in [0.29, 0.717) is 18.6 Å². The summed E-state index contributed by atoms with van der Waals surface area (Å²) in [5, 5.41) is 0. The van der Waals surface area contributed by atoms with Crippen LogP contribution in [0.2, 0.25) is 0 Å². The molecule has 0 N–H and O–H groups in total. The Morgan fingerprint density at radius 3 is 2.54 bits per heavy atom. The van der Waals surface area contributed by atoms with E-state index in [0.717, 1.165) is 37.2 Å². The Kier molecular flexibility index (Phi) is 6.81. The van der Waals surface area contributed by atoms with Crippen LogP contribution >= 0.6 is 0 Å². The van der Waals surface area contributed by atoms with Crippen molar-refractivity contribution in [3.8, 4) is 5.75 Å². The first-order chi connectivity index (χ1) is 12.8. The molecule has 2 atom stereocenters. The second-order valence-electron chi connectivity index (χ2n) is 6.51. The van der Waals surface area contributed by atoms with Gasteiger partial charge in [0.2, 0.25) is 0 Å². The van der Waals surface area contributed by atoms with Gasteiger partial charge in [-0.2, -0.15) is 0 Å². The summed E-state index contributed by atoms with van der Waals surface area (Å²) in [4.78, 5) is 13.1. The zero-order valence-corrected chi connectivity index (χ0v) is 15.2. The van der Waals surface area contributed by atoms with E-state index in [9.17, 15) is 4.79 Å². The van der Waals surface area contributed by atoms with Crippen molar-refractivity contribution in [2.45, 2.75) is 37.9 Å². The standard InChI is InChI=1S/C22H26O4/c1-24-19-12-10-18(11-13-19)22(23)20(17-7-3-2-4-8-17)14-16-26-21-9-5-6-15-25-21/h2-4,7-8,10-13,20-21H,5-6,9,14-16H2,1H3. The van der Waals surface area contributed by atoms with Gasteiger partial charge in [0.1, 0.15) is 5.75 Å². The Morgan fingerprint density at radius 1 is 1.12 bits per heavy atom. The molecule has 3 rings (SSSR count). The van der Waals surface area contributed by atoms with Gasteiger partial charge < -0.3 is 14.2 Å². The van der Waals surface area contributed by atoms with Crippen molar-refractivity contribution in [2.24, 2.45) is 0 Å². The molecule has 0 saturated carbocycles. The number of hydrogen-bond acceptors (Lipinski definition) is 4. The fraction of sp³-hybridized carbons (Fsp3) is 0.409. The molecule has 1 aliphatic heterocycles. The van der Waals surface area contributed by atoms with Gasteiger partial charge in [-0.05, 0) is 55.5 Å². The van der Waals surface area contributed by atoms with E-state index < -0.39 is 0 Å². The summed E-state index contributed by atoms with van der Waals surface area (Å²) < 4.78 is 16.7. The molecule has 4 nitrogen and oxygen atoms in total. The molecule has 1 saturated heterocycles. The van der Waals surface area contributed by atoms with Crippen LogP contribution in [0.5, 0.6) is 5.75 Å². The smallest absolute Gasteiger partial charge is 0.170 e. The number of methoxy groups -OCH3 is 1. The van der Waals surface area contributed by atoms with Gasteiger partial charge in [0.05, 0.1) is 13.7 Å². The molecule has 4 heteroatoms. The number of hydrogen-bond donors (Lipinski definition) is 0. The quantitative estimate of drug-likeness (QED) is 0.650. The minimum atomic E-state index is -0.229. The van der Waals surface area contributed by atoms with E-state index in [4.69, 9.17) is 14.2 Å². The lowest BCUT2D eigenvalue weighted by Crippen LogP contribution is -2.24. The topological polar surface area (TPSA) is 44.8 Å². The van der Waals surface area contributed by atoms with Gasteiger partial charge >= 0.3 is 0 Å². The zero-order chi connectivity index (χ0) is 18.2. The van der Waals surface area contributed by atoms with Crippen LogP contribution in [0.3, 0.4) is 0 Å². The Hall–Kier alpha value is -2.17. The van der Waals surface area contributed by atoms with Crippen LogP contribution in [0.1, 0.15) is 47.5 Å². The molecule has 138 valence electrons. The van der Waals surface area contributed by atoms with Crippen molar-refractivity contribution >= 4 is 5.78 Å². The second-order valence-corrected chi connectivity index (χ2v) is 6.51. The lowest BCUT2D eigenvalue weighted by Gasteiger charge is -2.24. The highest BCUT2D eigenvalue weighted by Gasteiger charge is 2.23. The molecule has 0 aromatic heterocycles. The Bertz CT molecular complexity index is 675. The molecule has 1 aliphatic rings. The predicted molar refractivity (Wildman–Crippen MR) is 101 cm³/mol. The second kappa shape index (κ2) is 9.51. The summed E-state index contributed by atoms with van der Waals surface area (Å²) in [5.74, 6) is 0.621. The van der Waals surface area contributed by atoms with Crippen LogP contribution in [-0.2, 0) is 9.47 Å². The molecule has 2 aromatic rings. The van der Waals surface area contributed by atoms with Crippen LogP contribution in [0, 0.1) is 0 Å². The van der Waals surface area contributed by atoms with E-state index in [2.05, 4.69) is 0 Å². The summed E-state index contributed by atoms with van der Waals surface area (Å²) in [6.07, 6.45) is 3.67. The normalized spacial score (nSPS) is 18.3. The molecule has 2 aromatic carbocycles. The van der Waals surface area contributed by atoms with E-state index in [-0.39, 0.29) is 18.0 Å². The van der Waals surface area contributed by atoms with Crippen LogP contribution in [0.4, 0.5) is 0 Å². The molecular formula is C22H26O4. The monoisotopic (exact) mass is 354 g/mol. The van der Waals surface area contributed by atoms with Crippen molar-refractivity contribution in [3.05, 3.63) is 65.7 Å². The van der Waals surface area contributed by atoms with Crippen molar-refractivity contribution < 1.29 is 19.0 Å². The molecule has 0 aliphatic carbocycles. The lowest BCUT2D eigenvalue weighted by molar-refractivity contribution is -0.162. The highest BCUT2D eigenvalue weighted by atomic mass is 16.7. The minimum Gasteiger partial charge on any atom is -0.497 e. The number of carbonyl (C=O) groups is 1. The van der Waals surface area contributed by atoms with Crippen LogP contribution in [0.15, 0.2) is 54.6 Å². The molecule has 26 heavy (non-hydrogen) atoms. The maximum Gasteiger partial charge on any atom is 0.170 e. The molecule has 0 radical (unpaired) electrons. The maximum absolute atomic E-state index is 13.1. The van der Waals surface area contributed by atoms with Crippen molar-refractivity contribution in [1.82, 2.24) is 0 Å². The summed E-state index contributed by atoms with van der Waals surface area (Å²) in [6.45, 7) is 1.27. The fourth-order valence-electron chi connectivity index (χ4n) is 3.25. The zero-order valence-electron chi connectivity index (χ0n) is 15.2. The third-order valence-electron chi connectivity index (χ3n) is 4.74.